The normalized spacial score (nSPS) is 26.6. The standard InChI is InChI=1S/C31H42F3NO6S.C25H33F3N2O4S.2CH4/c1-28(2,3)41-26(36)9-4-23(20-32)21-40-24-5-7-25(8-6-24)42(38,39)22-29-10-13-30(14-11-29,15-12-29)27(37)35-18-16-31(33,34)17-19-35;26-15-19(16-29)17-34-20-1-3-21(4-2-20)35(32,33)18-23-5-8-24(9-6-23,10-7-23)22(31)30-13-11-25(27,28)12-14-30;;/h5-8,20H,4,9-19,21-22H2,1-3H3;1-4,15H,5-14,16-18,29H2;2*1H4/b23-20+;19-15+;;. The smallest absolute Gasteiger partial charge is 0.306 e. The number of hydrogen-bond acceptors (Lipinski definition) is 11. The quantitative estimate of drug-likeness (QED) is 0.111. The molecule has 2 heterocycles. The van der Waals surface area contributed by atoms with Gasteiger partial charge in [-0.25, -0.2) is 43.2 Å². The van der Waals surface area contributed by atoms with Crippen LogP contribution >= 0.6 is 0 Å². The largest absolute Gasteiger partial charge is 0.489 e. The lowest BCUT2D eigenvalue weighted by atomic mass is 9.54. The molecule has 8 aliphatic rings. The molecule has 21 heteroatoms. The fourth-order valence-corrected chi connectivity index (χ4v) is 16.0. The second kappa shape index (κ2) is 25.7. The van der Waals surface area contributed by atoms with E-state index in [-0.39, 0.29) is 143 Å². The number of nitrogens with two attached hydrogens (primary N) is 1. The molecule has 0 atom stereocenters. The summed E-state index contributed by atoms with van der Waals surface area (Å²) in [5.41, 5.74) is 3.49. The van der Waals surface area contributed by atoms with Crippen molar-refractivity contribution in [1.82, 2.24) is 9.80 Å². The molecule has 0 unspecified atom stereocenters. The molecule has 13 nitrogen and oxygen atoms in total. The number of amides is 2. The minimum atomic E-state index is -3.62. The van der Waals surface area contributed by atoms with E-state index in [0.29, 0.717) is 107 Å². The third kappa shape index (κ3) is 16.3. The number of benzene rings is 2. The molecule has 2 N–H and O–H groups in total. The molecule has 2 amide bonds. The van der Waals surface area contributed by atoms with Crippen LogP contribution in [0.1, 0.15) is 151 Å². The van der Waals surface area contributed by atoms with Crippen molar-refractivity contribution in [2.45, 2.75) is 178 Å². The zero-order valence-corrected chi connectivity index (χ0v) is 46.1. The molecule has 79 heavy (non-hydrogen) atoms. The van der Waals surface area contributed by atoms with Crippen LogP contribution in [0.2, 0.25) is 0 Å². The Morgan fingerprint density at radius 1 is 0.544 bits per heavy atom. The number of hydrogen-bond donors (Lipinski definition) is 1. The molecule has 2 saturated heterocycles. The third-order valence-electron chi connectivity index (χ3n) is 17.1. The first kappa shape index (κ1) is 65.2. The van der Waals surface area contributed by atoms with Crippen molar-refractivity contribution in [1.29, 1.82) is 0 Å². The highest BCUT2D eigenvalue weighted by molar-refractivity contribution is 7.91. The summed E-state index contributed by atoms with van der Waals surface area (Å²) in [6.45, 7) is 5.53. The Morgan fingerprint density at radius 3 is 1.18 bits per heavy atom. The summed E-state index contributed by atoms with van der Waals surface area (Å²) in [5.74, 6) is -5.11. The number of esters is 1. The summed E-state index contributed by atoms with van der Waals surface area (Å²) in [7, 11) is -7.18. The van der Waals surface area contributed by atoms with Crippen LogP contribution in [0.25, 0.3) is 0 Å². The molecule has 2 aromatic rings. The fraction of sp³-hybridized carbons (Fsp3) is 0.672. The molecule has 8 fully saturated rings. The van der Waals surface area contributed by atoms with E-state index in [0.717, 1.165) is 0 Å². The number of fused-ring (bicyclic) bond motifs is 6. The lowest BCUT2D eigenvalue weighted by Gasteiger charge is -2.53. The van der Waals surface area contributed by atoms with Gasteiger partial charge in [-0.3, -0.25) is 14.4 Å². The van der Waals surface area contributed by atoms with Crippen molar-refractivity contribution >= 4 is 37.5 Å². The van der Waals surface area contributed by atoms with Gasteiger partial charge in [0, 0.05) is 81.2 Å². The number of halogens is 6. The number of ether oxygens (including phenoxy) is 3. The van der Waals surface area contributed by atoms with Gasteiger partial charge in [-0.1, -0.05) is 14.9 Å². The van der Waals surface area contributed by atoms with Crippen molar-refractivity contribution in [3.63, 3.8) is 0 Å². The van der Waals surface area contributed by atoms with Gasteiger partial charge in [0.2, 0.25) is 11.8 Å². The van der Waals surface area contributed by atoms with Gasteiger partial charge in [0.15, 0.2) is 19.7 Å². The molecule has 6 aliphatic carbocycles. The Hall–Kier alpha value is -4.63. The number of carbonyl (C=O) groups excluding carboxylic acids is 3. The van der Waals surface area contributed by atoms with E-state index < -0.39 is 59.3 Å². The van der Waals surface area contributed by atoms with E-state index in [9.17, 15) is 57.6 Å². The van der Waals surface area contributed by atoms with Gasteiger partial charge >= 0.3 is 5.97 Å². The lowest BCUT2D eigenvalue weighted by Crippen LogP contribution is -2.55. The van der Waals surface area contributed by atoms with E-state index in [1.165, 1.54) is 36.4 Å². The van der Waals surface area contributed by atoms with Gasteiger partial charge in [-0.05, 0) is 169 Å². The van der Waals surface area contributed by atoms with Gasteiger partial charge < -0.3 is 29.7 Å². The van der Waals surface area contributed by atoms with E-state index in [2.05, 4.69) is 0 Å². The van der Waals surface area contributed by atoms with Crippen LogP contribution in [0.3, 0.4) is 0 Å². The average molecular weight is 1160 g/mol. The second-order valence-corrected chi connectivity index (χ2v) is 27.7. The predicted octanol–water partition coefficient (Wildman–Crippen LogP) is 11.9. The van der Waals surface area contributed by atoms with Crippen LogP contribution in [0.15, 0.2) is 82.1 Å². The molecule has 0 spiro atoms. The van der Waals surface area contributed by atoms with Crippen LogP contribution in [-0.2, 0) is 38.8 Å². The summed E-state index contributed by atoms with van der Waals surface area (Å²) in [6, 6.07) is 12.1. The average Bonchev–Trinajstić information content (AvgIpc) is 3.54. The molecule has 4 bridgehead atoms. The zero-order chi connectivity index (χ0) is 56.1. The van der Waals surface area contributed by atoms with E-state index in [4.69, 9.17) is 19.9 Å². The van der Waals surface area contributed by atoms with E-state index in [1.54, 1.807) is 42.7 Å². The van der Waals surface area contributed by atoms with Gasteiger partial charge in [0.05, 0.1) is 34.0 Å². The van der Waals surface area contributed by atoms with Crippen LogP contribution in [0.4, 0.5) is 26.3 Å². The minimum Gasteiger partial charge on any atom is -0.489 e. The Balaban J connectivity index is 0.000000288. The number of alkyl halides is 4. The van der Waals surface area contributed by atoms with Crippen molar-refractivity contribution in [3.8, 4) is 11.5 Å². The summed E-state index contributed by atoms with van der Waals surface area (Å²) < 4.78 is 150. The molecule has 2 aliphatic heterocycles. The first-order chi connectivity index (χ1) is 36.1. The molecule has 0 radical (unpaired) electrons. The van der Waals surface area contributed by atoms with Gasteiger partial charge in [0.25, 0.3) is 11.8 Å². The number of likely N-dealkylation sites (tertiary alicyclic amines) is 2. The molecule has 6 saturated carbocycles. The third-order valence-corrected chi connectivity index (χ3v) is 21.1. The minimum absolute atomic E-state index is 0. The summed E-state index contributed by atoms with van der Waals surface area (Å²) >= 11 is 0. The molecular formula is C58H83F6N3O10S2. The Labute approximate surface area is 464 Å². The van der Waals surface area contributed by atoms with E-state index in [1.807, 2.05) is 0 Å². The number of rotatable bonds is 18. The van der Waals surface area contributed by atoms with Gasteiger partial charge in [0.1, 0.15) is 30.3 Å². The lowest BCUT2D eigenvalue weighted by molar-refractivity contribution is -0.157. The van der Waals surface area contributed by atoms with Crippen LogP contribution in [0.5, 0.6) is 11.5 Å². The van der Waals surface area contributed by atoms with Crippen molar-refractivity contribution in [2.75, 3.05) is 57.4 Å². The summed E-state index contributed by atoms with van der Waals surface area (Å²) in [6.07, 6.45) is 7.10. The predicted molar refractivity (Wildman–Crippen MR) is 291 cm³/mol. The number of nitrogens with zero attached hydrogens (tertiary/aromatic N) is 2. The van der Waals surface area contributed by atoms with Crippen LogP contribution < -0.4 is 15.2 Å². The molecular weight excluding hydrogens is 1080 g/mol. The topological polar surface area (TPSA) is 180 Å². The van der Waals surface area contributed by atoms with Crippen LogP contribution in [0, 0.1) is 21.7 Å². The van der Waals surface area contributed by atoms with Crippen molar-refractivity contribution in [3.05, 3.63) is 72.3 Å². The van der Waals surface area contributed by atoms with Crippen molar-refractivity contribution in [2.24, 2.45) is 27.4 Å². The second-order valence-electron chi connectivity index (χ2n) is 23.7. The Kier molecular flexibility index (Phi) is 21.2. The Morgan fingerprint density at radius 2 is 0.873 bits per heavy atom. The first-order valence-electron chi connectivity index (χ1n) is 26.8. The summed E-state index contributed by atoms with van der Waals surface area (Å²) in [4.78, 5) is 42.0. The number of piperidine rings is 2. The fourth-order valence-electron chi connectivity index (χ4n) is 12.1. The SMILES string of the molecule is C.C.CC(C)(C)OC(=O)CC/C(=C\F)COc1ccc(S(=O)(=O)CC23CCC(C(=O)N4CCC(F)(F)CC4)(CC2)CC3)cc1.NC/C(=C\F)COc1ccc(S(=O)(=O)CC23CCC(C(=O)N4CCC(F)(F)CC4)(CC2)CC3)cc1. The summed E-state index contributed by atoms with van der Waals surface area (Å²) in [5, 5.41) is 0. The highest BCUT2D eigenvalue weighted by Gasteiger charge is 2.57. The molecule has 0 aromatic heterocycles. The first-order valence-corrected chi connectivity index (χ1v) is 30.1. The molecule has 10 rings (SSSR count). The molecule has 444 valence electrons. The molecule has 2 aromatic carbocycles. The Bertz CT molecular complexity index is 2660. The highest BCUT2D eigenvalue weighted by Crippen LogP contribution is 2.60. The number of carbonyl (C=O) groups is 3. The maximum absolute atomic E-state index is 13.6. The maximum atomic E-state index is 13.6. The van der Waals surface area contributed by atoms with E-state index >= 15 is 0 Å². The maximum Gasteiger partial charge on any atom is 0.306 e. The number of sulfone groups is 2. The van der Waals surface area contributed by atoms with Gasteiger partial charge in [-0.2, -0.15) is 0 Å². The van der Waals surface area contributed by atoms with Gasteiger partial charge in [-0.15, -0.1) is 0 Å². The zero-order valence-electron chi connectivity index (χ0n) is 44.5. The van der Waals surface area contributed by atoms with Crippen LogP contribution in [-0.4, -0.2) is 119 Å². The monoisotopic (exact) mass is 1160 g/mol. The highest BCUT2D eigenvalue weighted by atomic mass is 32.2. The van der Waals surface area contributed by atoms with Crippen molar-refractivity contribution < 1.29 is 71.8 Å².